The molecule has 0 spiro atoms. The third-order valence-electron chi connectivity index (χ3n) is 2.05. The monoisotopic (exact) mass is 316 g/mol. The summed E-state index contributed by atoms with van der Waals surface area (Å²) in [4.78, 5) is 0.0516. The predicted molar refractivity (Wildman–Crippen MR) is 71.8 cm³/mol. The molecule has 1 aromatic carbocycles. The lowest BCUT2D eigenvalue weighted by Crippen LogP contribution is -2.32. The fourth-order valence-corrected chi connectivity index (χ4v) is 3.20. The predicted octanol–water partition coefficient (Wildman–Crippen LogP) is 1.72. The minimum atomic E-state index is -3.64. The highest BCUT2D eigenvalue weighted by Gasteiger charge is 2.19. The van der Waals surface area contributed by atoms with Crippen molar-refractivity contribution in [1.82, 2.24) is 4.72 Å². The lowest BCUT2D eigenvalue weighted by Gasteiger charge is -2.13. The molecule has 0 saturated carbocycles. The molecule has 1 unspecified atom stereocenters. The molecule has 4 nitrogen and oxygen atoms in total. The van der Waals surface area contributed by atoms with Gasteiger partial charge < -0.3 is 5.73 Å². The van der Waals surface area contributed by atoms with Crippen LogP contribution in [0.4, 0.5) is 5.69 Å². The highest BCUT2D eigenvalue weighted by atomic mass is 79.9. The molecule has 17 heavy (non-hydrogen) atoms. The van der Waals surface area contributed by atoms with Crippen molar-refractivity contribution in [3.63, 3.8) is 0 Å². The summed E-state index contributed by atoms with van der Waals surface area (Å²) in [5, 5.41) is 0. The van der Waals surface area contributed by atoms with Crippen LogP contribution in [0.5, 0.6) is 0 Å². The van der Waals surface area contributed by atoms with Gasteiger partial charge in [-0.05, 0) is 25.1 Å². The van der Waals surface area contributed by atoms with Crippen molar-refractivity contribution in [1.29, 1.82) is 0 Å². The number of nitrogens with one attached hydrogen (secondary N) is 1. The normalized spacial score (nSPS) is 13.0. The van der Waals surface area contributed by atoms with Crippen LogP contribution in [0.15, 0.2) is 27.6 Å². The van der Waals surface area contributed by atoms with Crippen molar-refractivity contribution < 1.29 is 8.42 Å². The number of nitrogens with two attached hydrogens (primary N) is 1. The van der Waals surface area contributed by atoms with Crippen LogP contribution >= 0.6 is 15.9 Å². The van der Waals surface area contributed by atoms with Gasteiger partial charge in [-0.25, -0.2) is 13.1 Å². The summed E-state index contributed by atoms with van der Waals surface area (Å²) in [6, 6.07) is 4.34. The van der Waals surface area contributed by atoms with Crippen molar-refractivity contribution in [2.24, 2.45) is 0 Å². The zero-order valence-electron chi connectivity index (χ0n) is 9.27. The van der Waals surface area contributed by atoms with Crippen LogP contribution < -0.4 is 10.5 Å². The summed E-state index contributed by atoms with van der Waals surface area (Å²) in [7, 11) is -3.64. The van der Waals surface area contributed by atoms with E-state index in [2.05, 4.69) is 26.6 Å². The lowest BCUT2D eigenvalue weighted by atomic mass is 10.3. The second kappa shape index (κ2) is 5.54. The molecular formula is C11H13BrN2O2S. The van der Waals surface area contributed by atoms with E-state index in [0.717, 1.165) is 0 Å². The average molecular weight is 317 g/mol. The van der Waals surface area contributed by atoms with Crippen molar-refractivity contribution in [2.75, 3.05) is 5.73 Å². The topological polar surface area (TPSA) is 72.2 Å². The van der Waals surface area contributed by atoms with E-state index in [1.807, 2.05) is 0 Å². The zero-order valence-corrected chi connectivity index (χ0v) is 11.7. The smallest absolute Gasteiger partial charge is 0.242 e. The van der Waals surface area contributed by atoms with E-state index in [9.17, 15) is 8.42 Å². The van der Waals surface area contributed by atoms with Crippen LogP contribution in [-0.2, 0) is 10.0 Å². The molecule has 1 rings (SSSR count). The van der Waals surface area contributed by atoms with E-state index in [1.54, 1.807) is 13.0 Å². The van der Waals surface area contributed by atoms with Gasteiger partial charge in [0.2, 0.25) is 10.0 Å². The maximum atomic E-state index is 12.0. The number of nitrogen functional groups attached to an aromatic ring is 1. The summed E-state index contributed by atoms with van der Waals surface area (Å²) < 4.78 is 27.1. The molecule has 0 amide bonds. The summed E-state index contributed by atoms with van der Waals surface area (Å²) in [6.45, 7) is 1.70. The zero-order chi connectivity index (χ0) is 13.1. The van der Waals surface area contributed by atoms with Gasteiger partial charge in [-0.2, -0.15) is 0 Å². The van der Waals surface area contributed by atoms with E-state index in [1.165, 1.54) is 12.1 Å². The van der Waals surface area contributed by atoms with Gasteiger partial charge in [0, 0.05) is 16.9 Å². The molecule has 0 saturated heterocycles. The Kier molecular flexibility index (Phi) is 4.57. The number of hydrogen-bond donors (Lipinski definition) is 2. The molecule has 3 N–H and O–H groups in total. The van der Waals surface area contributed by atoms with Crippen LogP contribution in [0.1, 0.15) is 13.3 Å². The molecule has 1 aromatic rings. The fraction of sp³-hybridized carbons (Fsp3) is 0.273. The van der Waals surface area contributed by atoms with Crippen LogP contribution in [0.2, 0.25) is 0 Å². The van der Waals surface area contributed by atoms with Crippen molar-refractivity contribution in [2.45, 2.75) is 24.3 Å². The van der Waals surface area contributed by atoms with Gasteiger partial charge in [0.25, 0.3) is 0 Å². The molecule has 0 fully saturated rings. The fourth-order valence-electron chi connectivity index (χ4n) is 1.29. The Hall–Kier alpha value is -1.03. The maximum Gasteiger partial charge on any atom is 0.242 e. The van der Waals surface area contributed by atoms with Gasteiger partial charge in [-0.3, -0.25) is 0 Å². The van der Waals surface area contributed by atoms with Crippen LogP contribution in [0.25, 0.3) is 0 Å². The quantitative estimate of drug-likeness (QED) is 0.656. The van der Waals surface area contributed by atoms with Gasteiger partial charge in [-0.1, -0.05) is 15.9 Å². The SMILES string of the molecule is C#CCC(C)NS(=O)(=O)c1cc(Br)ccc1N. The molecule has 1 atom stereocenters. The van der Waals surface area contributed by atoms with E-state index < -0.39 is 10.0 Å². The van der Waals surface area contributed by atoms with Gasteiger partial charge >= 0.3 is 0 Å². The molecule has 0 aliphatic heterocycles. The Balaban J connectivity index is 3.06. The van der Waals surface area contributed by atoms with Crippen molar-refractivity contribution >= 4 is 31.6 Å². The van der Waals surface area contributed by atoms with Gasteiger partial charge in [0.1, 0.15) is 4.90 Å². The first kappa shape index (κ1) is 14.0. The van der Waals surface area contributed by atoms with E-state index >= 15 is 0 Å². The number of hydrogen-bond acceptors (Lipinski definition) is 3. The molecule has 6 heteroatoms. The Morgan fingerprint density at radius 2 is 2.24 bits per heavy atom. The van der Waals surface area contributed by atoms with E-state index in [0.29, 0.717) is 10.9 Å². The van der Waals surface area contributed by atoms with Crippen molar-refractivity contribution in [3.8, 4) is 12.3 Å². The molecular weight excluding hydrogens is 304 g/mol. The van der Waals surface area contributed by atoms with Gasteiger partial charge in [0.15, 0.2) is 0 Å². The number of terminal acetylenes is 1. The molecule has 0 aromatic heterocycles. The van der Waals surface area contributed by atoms with Gasteiger partial charge in [-0.15, -0.1) is 12.3 Å². The molecule has 0 aliphatic carbocycles. The first-order valence-corrected chi connectivity index (χ1v) is 7.15. The Morgan fingerprint density at radius 3 is 2.82 bits per heavy atom. The standard InChI is InChI=1S/C11H13BrN2O2S/c1-3-4-8(2)14-17(15,16)11-7-9(12)5-6-10(11)13/h1,5-8,14H,4,13H2,2H3. The first-order valence-electron chi connectivity index (χ1n) is 4.87. The average Bonchev–Trinajstić information content (AvgIpc) is 2.21. The second-order valence-corrected chi connectivity index (χ2v) is 6.21. The first-order chi connectivity index (χ1) is 7.86. The van der Waals surface area contributed by atoms with Crippen LogP contribution in [0.3, 0.4) is 0 Å². The van der Waals surface area contributed by atoms with Crippen molar-refractivity contribution in [3.05, 3.63) is 22.7 Å². The second-order valence-electron chi connectivity index (χ2n) is 3.61. The molecule has 0 aliphatic rings. The molecule has 0 bridgehead atoms. The highest BCUT2D eigenvalue weighted by molar-refractivity contribution is 9.10. The van der Waals surface area contributed by atoms with E-state index in [-0.39, 0.29) is 16.6 Å². The minimum absolute atomic E-state index is 0.0516. The molecule has 0 heterocycles. The Morgan fingerprint density at radius 1 is 1.59 bits per heavy atom. The van der Waals surface area contributed by atoms with Crippen LogP contribution in [-0.4, -0.2) is 14.5 Å². The molecule has 92 valence electrons. The number of benzene rings is 1. The summed E-state index contributed by atoms with van der Waals surface area (Å²) >= 11 is 3.21. The third kappa shape index (κ3) is 3.73. The number of sulfonamides is 1. The minimum Gasteiger partial charge on any atom is -0.398 e. The summed E-state index contributed by atoms with van der Waals surface area (Å²) in [5.74, 6) is 2.40. The highest BCUT2D eigenvalue weighted by Crippen LogP contribution is 2.23. The lowest BCUT2D eigenvalue weighted by molar-refractivity contribution is 0.564. The van der Waals surface area contributed by atoms with Gasteiger partial charge in [0.05, 0.1) is 5.69 Å². The van der Waals surface area contributed by atoms with E-state index in [4.69, 9.17) is 12.2 Å². The Labute approximate surface area is 110 Å². The third-order valence-corrected chi connectivity index (χ3v) is 4.18. The largest absolute Gasteiger partial charge is 0.398 e. The Bertz CT molecular complexity index is 549. The number of rotatable bonds is 4. The summed E-state index contributed by atoms with van der Waals surface area (Å²) in [6.07, 6.45) is 5.45. The molecule has 0 radical (unpaired) electrons. The summed E-state index contributed by atoms with van der Waals surface area (Å²) in [5.41, 5.74) is 5.85. The van der Waals surface area contributed by atoms with Crippen LogP contribution in [0, 0.1) is 12.3 Å². The number of anilines is 1. The maximum absolute atomic E-state index is 12.0. The number of halogens is 1.